The molecule has 9 heteroatoms. The van der Waals surface area contributed by atoms with Gasteiger partial charge < -0.3 is 9.64 Å². The molecule has 32 heavy (non-hydrogen) atoms. The third-order valence-corrected chi connectivity index (χ3v) is 6.40. The van der Waals surface area contributed by atoms with Crippen LogP contribution in [0.4, 0.5) is 5.69 Å². The molecule has 0 bridgehead atoms. The van der Waals surface area contributed by atoms with Gasteiger partial charge in [-0.05, 0) is 43.7 Å². The van der Waals surface area contributed by atoms with Crippen LogP contribution in [0.3, 0.4) is 0 Å². The number of thiazole rings is 1. The Labute approximate surface area is 189 Å². The first-order valence-electron chi connectivity index (χ1n) is 10.3. The Balaban J connectivity index is 1.92. The summed E-state index contributed by atoms with van der Waals surface area (Å²) in [5, 5.41) is 4.45. The van der Waals surface area contributed by atoms with Gasteiger partial charge in [-0.2, -0.15) is 5.10 Å². The fourth-order valence-corrected chi connectivity index (χ4v) is 4.76. The molecule has 1 atom stereocenters. The highest BCUT2D eigenvalue weighted by Crippen LogP contribution is 2.31. The second-order valence-corrected chi connectivity index (χ2v) is 8.66. The van der Waals surface area contributed by atoms with Crippen molar-refractivity contribution in [2.75, 3.05) is 26.1 Å². The first-order chi connectivity index (χ1) is 15.3. The number of carbonyl (C=O) groups excluding carboxylic acids is 1. The molecule has 0 amide bonds. The summed E-state index contributed by atoms with van der Waals surface area (Å²) >= 11 is 1.29. The van der Waals surface area contributed by atoms with Crippen LogP contribution >= 0.6 is 11.3 Å². The largest absolute Gasteiger partial charge is 0.466 e. The maximum Gasteiger partial charge on any atom is 0.338 e. The van der Waals surface area contributed by atoms with Crippen LogP contribution in [0, 0.1) is 0 Å². The first kappa shape index (κ1) is 21.8. The van der Waals surface area contributed by atoms with Crippen LogP contribution < -0.4 is 19.8 Å². The van der Waals surface area contributed by atoms with Crippen LogP contribution in [0.15, 0.2) is 57.6 Å². The fraction of sp³-hybridized carbons (Fsp3) is 0.304. The fourth-order valence-electron chi connectivity index (χ4n) is 3.73. The molecule has 1 aromatic carbocycles. The molecule has 0 unspecified atom stereocenters. The molecule has 0 radical (unpaired) electrons. The van der Waals surface area contributed by atoms with Crippen molar-refractivity contribution in [2.45, 2.75) is 26.4 Å². The van der Waals surface area contributed by atoms with Crippen molar-refractivity contribution < 1.29 is 9.53 Å². The van der Waals surface area contributed by atoms with Crippen LogP contribution in [0.1, 0.15) is 31.1 Å². The number of nitrogens with zero attached hydrogens (tertiary/aromatic N) is 5. The minimum absolute atomic E-state index is 0.213. The lowest BCUT2D eigenvalue weighted by molar-refractivity contribution is -0.136. The molecule has 0 saturated carbocycles. The Bertz CT molecular complexity index is 1380. The monoisotopic (exact) mass is 451 g/mol. The van der Waals surface area contributed by atoms with Crippen LogP contribution in [-0.4, -0.2) is 41.5 Å². The number of fused-ring (bicyclic) bond motifs is 1. The summed E-state index contributed by atoms with van der Waals surface area (Å²) in [5.74, 6) is -0.496. The minimum atomic E-state index is -0.620. The maximum absolute atomic E-state index is 13.5. The molecule has 0 spiro atoms. The van der Waals surface area contributed by atoms with E-state index in [-0.39, 0.29) is 5.56 Å². The topological polar surface area (TPSA) is 81.7 Å². The van der Waals surface area contributed by atoms with E-state index < -0.39 is 12.0 Å². The van der Waals surface area contributed by atoms with Crippen molar-refractivity contribution in [1.29, 1.82) is 0 Å². The lowest BCUT2D eigenvalue weighted by atomic mass is 9.95. The minimum Gasteiger partial charge on any atom is -0.466 e. The highest BCUT2D eigenvalue weighted by Gasteiger charge is 2.33. The molecule has 0 fully saturated rings. The van der Waals surface area contributed by atoms with E-state index in [1.54, 1.807) is 22.2 Å². The molecule has 3 heterocycles. The molecule has 2 aromatic heterocycles. The number of allylic oxidation sites excluding steroid dienone is 1. The van der Waals surface area contributed by atoms with Crippen molar-refractivity contribution in [3.8, 4) is 0 Å². The zero-order valence-electron chi connectivity index (χ0n) is 18.7. The summed E-state index contributed by atoms with van der Waals surface area (Å²) in [7, 11) is 5.26. The second-order valence-electron chi connectivity index (χ2n) is 7.66. The molecule has 3 aromatic rings. The van der Waals surface area contributed by atoms with E-state index in [4.69, 9.17) is 4.74 Å². The summed E-state index contributed by atoms with van der Waals surface area (Å²) in [6.07, 6.45) is 3.64. The van der Waals surface area contributed by atoms with E-state index in [1.807, 2.05) is 62.4 Å². The number of benzene rings is 1. The van der Waals surface area contributed by atoms with Crippen LogP contribution in [0.25, 0.3) is 6.08 Å². The van der Waals surface area contributed by atoms with Gasteiger partial charge in [0.15, 0.2) is 4.80 Å². The van der Waals surface area contributed by atoms with Gasteiger partial charge in [-0.25, -0.2) is 9.79 Å². The number of aromatic nitrogens is 3. The quantitative estimate of drug-likeness (QED) is 0.552. The lowest BCUT2D eigenvalue weighted by Crippen LogP contribution is -2.39. The van der Waals surface area contributed by atoms with Crippen LogP contribution in [0.5, 0.6) is 0 Å². The van der Waals surface area contributed by atoms with Gasteiger partial charge in [0.25, 0.3) is 5.56 Å². The molecule has 0 aliphatic carbocycles. The third kappa shape index (κ3) is 3.80. The zero-order chi connectivity index (χ0) is 23.0. The van der Waals surface area contributed by atoms with Crippen molar-refractivity contribution in [3.05, 3.63) is 78.7 Å². The van der Waals surface area contributed by atoms with Gasteiger partial charge in [-0.15, -0.1) is 0 Å². The second kappa shape index (κ2) is 8.58. The molecule has 0 saturated heterocycles. The lowest BCUT2D eigenvalue weighted by Gasteiger charge is -2.25. The van der Waals surface area contributed by atoms with Gasteiger partial charge in [-0.3, -0.25) is 14.0 Å². The number of rotatable bonds is 5. The third-order valence-electron chi connectivity index (χ3n) is 5.42. The average molecular weight is 452 g/mol. The number of hydrogen-bond donors (Lipinski definition) is 0. The summed E-state index contributed by atoms with van der Waals surface area (Å²) in [6.45, 7) is 4.52. The van der Waals surface area contributed by atoms with Gasteiger partial charge in [0.05, 0.1) is 34.6 Å². The Hall–Kier alpha value is -3.46. The average Bonchev–Trinajstić information content (AvgIpc) is 3.36. The first-order valence-corrected chi connectivity index (χ1v) is 11.1. The number of aryl methyl sites for hydroxylation is 1. The summed E-state index contributed by atoms with van der Waals surface area (Å²) in [6, 6.07) is 9.04. The van der Waals surface area contributed by atoms with Gasteiger partial charge in [0, 0.05) is 32.5 Å². The SMILES string of the molecule is CCn1ccc(/C=c2/sc3n(c2=O)[C@H](c2ccc(N(C)C)cc2)C(C(=O)OC)=C(C)N=3)n1. The van der Waals surface area contributed by atoms with Crippen molar-refractivity contribution in [3.63, 3.8) is 0 Å². The molecule has 1 aliphatic heterocycles. The Kier molecular flexibility index (Phi) is 5.84. The van der Waals surface area contributed by atoms with E-state index in [1.165, 1.54) is 18.4 Å². The number of esters is 1. The molecule has 0 N–H and O–H groups in total. The van der Waals surface area contributed by atoms with Gasteiger partial charge in [0.1, 0.15) is 0 Å². The summed E-state index contributed by atoms with van der Waals surface area (Å²) in [5.41, 5.74) is 3.23. The van der Waals surface area contributed by atoms with E-state index in [9.17, 15) is 9.59 Å². The molecule has 1 aliphatic rings. The number of carbonyl (C=O) groups is 1. The molecule has 8 nitrogen and oxygen atoms in total. The Morgan fingerprint density at radius 1 is 1.25 bits per heavy atom. The number of hydrogen-bond acceptors (Lipinski definition) is 7. The zero-order valence-corrected chi connectivity index (χ0v) is 19.5. The maximum atomic E-state index is 13.5. The standard InChI is InChI=1S/C23H25N5O3S/c1-6-27-12-11-16(25-27)13-18-21(29)28-20(15-7-9-17(10-8-15)26(3)4)19(22(30)31-5)14(2)24-23(28)32-18/h7-13,20H,6H2,1-5H3/b18-13+/t20-/m1/s1. The van der Waals surface area contributed by atoms with E-state index in [0.29, 0.717) is 26.3 Å². The molecule has 166 valence electrons. The normalized spacial score (nSPS) is 16.0. The number of ether oxygens (including phenoxy) is 1. The summed E-state index contributed by atoms with van der Waals surface area (Å²) in [4.78, 5) is 33.3. The highest BCUT2D eigenvalue weighted by molar-refractivity contribution is 7.07. The van der Waals surface area contributed by atoms with Crippen LogP contribution in [0.2, 0.25) is 0 Å². The predicted molar refractivity (Wildman–Crippen MR) is 124 cm³/mol. The van der Waals surface area contributed by atoms with Gasteiger partial charge in [-0.1, -0.05) is 23.5 Å². The van der Waals surface area contributed by atoms with E-state index >= 15 is 0 Å². The molecular formula is C23H25N5O3S. The van der Waals surface area contributed by atoms with Crippen molar-refractivity contribution in [2.24, 2.45) is 4.99 Å². The highest BCUT2D eigenvalue weighted by atomic mass is 32.1. The van der Waals surface area contributed by atoms with Gasteiger partial charge >= 0.3 is 5.97 Å². The van der Waals surface area contributed by atoms with E-state index in [0.717, 1.165) is 17.8 Å². The number of anilines is 1. The van der Waals surface area contributed by atoms with Crippen molar-refractivity contribution in [1.82, 2.24) is 14.3 Å². The van der Waals surface area contributed by atoms with E-state index in [2.05, 4.69) is 10.1 Å². The Morgan fingerprint density at radius 3 is 2.56 bits per heavy atom. The number of methoxy groups -OCH3 is 1. The molecule has 4 rings (SSSR count). The predicted octanol–water partition coefficient (Wildman–Crippen LogP) is 1.69. The summed E-state index contributed by atoms with van der Waals surface area (Å²) < 4.78 is 8.95. The smallest absolute Gasteiger partial charge is 0.338 e. The van der Waals surface area contributed by atoms with Crippen LogP contribution in [-0.2, 0) is 16.1 Å². The Morgan fingerprint density at radius 2 is 1.97 bits per heavy atom. The van der Waals surface area contributed by atoms with Crippen molar-refractivity contribution >= 4 is 29.1 Å². The molecular weight excluding hydrogens is 426 g/mol. The van der Waals surface area contributed by atoms with Gasteiger partial charge in [0.2, 0.25) is 0 Å².